The van der Waals surface area contributed by atoms with E-state index in [9.17, 15) is 24.0 Å². The maximum absolute atomic E-state index is 13.0. The average Bonchev–Trinajstić information content (AvgIpc) is 3.42. The van der Waals surface area contributed by atoms with Crippen LogP contribution in [-0.2, 0) is 9.59 Å². The molecule has 2 aromatic heterocycles. The first-order chi connectivity index (χ1) is 15.1. The molecule has 0 bridgehead atoms. The fraction of sp³-hybridized carbons (Fsp3) is 0.389. The van der Waals surface area contributed by atoms with Gasteiger partial charge in [-0.1, -0.05) is 5.21 Å². The van der Waals surface area contributed by atoms with Crippen LogP contribution in [0.15, 0.2) is 22.8 Å². The number of likely N-dealkylation sites (tertiary alicyclic amines) is 1. The molecule has 1 fully saturated rings. The molecule has 14 heteroatoms. The summed E-state index contributed by atoms with van der Waals surface area (Å²) < 4.78 is 6.28. The third-order valence-corrected chi connectivity index (χ3v) is 5.16. The van der Waals surface area contributed by atoms with Gasteiger partial charge in [-0.05, 0) is 31.9 Å². The minimum Gasteiger partial charge on any atom is -0.459 e. The number of carbonyl (C=O) groups is 5. The molecule has 3 rings (SSSR count). The van der Waals surface area contributed by atoms with E-state index in [2.05, 4.69) is 15.6 Å². The van der Waals surface area contributed by atoms with E-state index in [-0.39, 0.29) is 30.8 Å². The molecular formula is C18H22N8O6. The molecule has 7 N–H and O–H groups in total. The van der Waals surface area contributed by atoms with Gasteiger partial charge in [-0.25, -0.2) is 4.68 Å². The highest BCUT2D eigenvalue weighted by Gasteiger charge is 2.40. The third kappa shape index (κ3) is 4.28. The van der Waals surface area contributed by atoms with Crippen molar-refractivity contribution in [3.05, 3.63) is 35.5 Å². The zero-order valence-electron chi connectivity index (χ0n) is 17.1. The predicted molar refractivity (Wildman–Crippen MR) is 106 cm³/mol. The highest BCUT2D eigenvalue weighted by molar-refractivity contribution is 6.03. The summed E-state index contributed by atoms with van der Waals surface area (Å²) in [5.74, 6) is -3.86. The molecule has 1 aliphatic rings. The van der Waals surface area contributed by atoms with Gasteiger partial charge < -0.3 is 31.8 Å². The van der Waals surface area contributed by atoms with Crippen LogP contribution in [0.25, 0.3) is 0 Å². The lowest BCUT2D eigenvalue weighted by atomic mass is 9.95. The molecule has 0 aromatic carbocycles. The van der Waals surface area contributed by atoms with Crippen molar-refractivity contribution >= 4 is 29.5 Å². The summed E-state index contributed by atoms with van der Waals surface area (Å²) in [5.41, 5.74) is 15.2. The molecule has 170 valence electrons. The van der Waals surface area contributed by atoms with Crippen LogP contribution in [0.5, 0.6) is 0 Å². The van der Waals surface area contributed by atoms with Gasteiger partial charge in [0.2, 0.25) is 11.8 Å². The normalized spacial score (nSPS) is 19.2. The van der Waals surface area contributed by atoms with Crippen molar-refractivity contribution in [1.82, 2.24) is 25.2 Å². The zero-order valence-corrected chi connectivity index (χ0v) is 17.1. The van der Waals surface area contributed by atoms with Crippen LogP contribution in [-0.4, -0.2) is 68.1 Å². The van der Waals surface area contributed by atoms with Gasteiger partial charge in [-0.2, -0.15) is 0 Å². The molecule has 3 heterocycles. The van der Waals surface area contributed by atoms with Gasteiger partial charge in [0.15, 0.2) is 17.1 Å². The first kappa shape index (κ1) is 22.5. The van der Waals surface area contributed by atoms with Gasteiger partial charge in [0.05, 0.1) is 12.3 Å². The number of hydrogen-bond acceptors (Lipinski definition) is 8. The molecule has 0 radical (unpaired) electrons. The average molecular weight is 446 g/mol. The van der Waals surface area contributed by atoms with E-state index in [1.807, 2.05) is 0 Å². The number of nitrogens with two attached hydrogens (primary N) is 3. The van der Waals surface area contributed by atoms with Crippen molar-refractivity contribution < 1.29 is 28.4 Å². The van der Waals surface area contributed by atoms with E-state index >= 15 is 0 Å². The second kappa shape index (κ2) is 8.87. The summed E-state index contributed by atoms with van der Waals surface area (Å²) in [6.45, 7) is 1.47. The minimum atomic E-state index is -1.07. The summed E-state index contributed by atoms with van der Waals surface area (Å²) >= 11 is 0. The molecule has 32 heavy (non-hydrogen) atoms. The first-order valence-electron chi connectivity index (χ1n) is 9.60. The number of nitrogens with one attached hydrogen (secondary N) is 1. The number of primary amides is 3. The minimum absolute atomic E-state index is 0.0222. The Hall–Kier alpha value is -4.23. The van der Waals surface area contributed by atoms with Crippen LogP contribution in [0.1, 0.15) is 57.3 Å². The maximum Gasteiger partial charge on any atom is 0.290 e. The molecule has 0 saturated carbocycles. The summed E-state index contributed by atoms with van der Waals surface area (Å²) in [5, 5.41) is 9.91. The van der Waals surface area contributed by atoms with Crippen molar-refractivity contribution in [2.24, 2.45) is 17.2 Å². The summed E-state index contributed by atoms with van der Waals surface area (Å²) in [6, 6.07) is 0.298. The Kier molecular flexibility index (Phi) is 6.22. The second-order valence-electron chi connectivity index (χ2n) is 7.26. The predicted octanol–water partition coefficient (Wildman–Crippen LogP) is -2.10. The second-order valence-corrected chi connectivity index (χ2v) is 7.26. The largest absolute Gasteiger partial charge is 0.459 e. The molecule has 2 aromatic rings. The van der Waals surface area contributed by atoms with E-state index in [1.165, 1.54) is 30.2 Å². The number of rotatable bonds is 7. The van der Waals surface area contributed by atoms with Gasteiger partial charge >= 0.3 is 0 Å². The lowest BCUT2D eigenvalue weighted by Crippen LogP contribution is -2.56. The highest BCUT2D eigenvalue weighted by atomic mass is 16.3. The van der Waals surface area contributed by atoms with Gasteiger partial charge in [-0.3, -0.25) is 24.0 Å². The summed E-state index contributed by atoms with van der Waals surface area (Å²) in [7, 11) is 0. The molecule has 0 aliphatic carbocycles. The molecule has 14 nitrogen and oxygen atoms in total. The van der Waals surface area contributed by atoms with Crippen LogP contribution in [0.3, 0.4) is 0 Å². The monoisotopic (exact) mass is 446 g/mol. The molecule has 1 saturated heterocycles. The van der Waals surface area contributed by atoms with E-state index < -0.39 is 53.4 Å². The standard InChI is InChI=1S/C18H22N8O6/c1-8(14(19)27)22-17(30)10-7-9(4-5-25(10)18(31)11-3-2-6-32-11)26-13(16(21)29)12(15(20)28)23-24-26/h2-3,6,8-10H,4-5,7H2,1H3,(H2,19,27)(H2,20,28)(H2,21,29)(H,22,30)/t8-,9-,10+/m0/s1. The molecular weight excluding hydrogens is 424 g/mol. The highest BCUT2D eigenvalue weighted by Crippen LogP contribution is 2.30. The Morgan fingerprint density at radius 3 is 2.47 bits per heavy atom. The number of amides is 5. The molecule has 0 spiro atoms. The van der Waals surface area contributed by atoms with Crippen LogP contribution >= 0.6 is 0 Å². The molecule has 0 unspecified atom stereocenters. The Bertz CT molecular complexity index is 1060. The lowest BCUT2D eigenvalue weighted by molar-refractivity contribution is -0.131. The Morgan fingerprint density at radius 2 is 1.91 bits per heavy atom. The van der Waals surface area contributed by atoms with E-state index in [1.54, 1.807) is 0 Å². The van der Waals surface area contributed by atoms with Crippen LogP contribution in [0, 0.1) is 0 Å². The van der Waals surface area contributed by atoms with Crippen molar-refractivity contribution in [2.75, 3.05) is 6.54 Å². The number of nitrogens with zero attached hydrogens (tertiary/aromatic N) is 4. The van der Waals surface area contributed by atoms with Crippen molar-refractivity contribution in [3.8, 4) is 0 Å². The fourth-order valence-electron chi connectivity index (χ4n) is 3.53. The molecule has 3 atom stereocenters. The van der Waals surface area contributed by atoms with E-state index in [0.29, 0.717) is 0 Å². The number of furan rings is 1. The zero-order chi connectivity index (χ0) is 23.6. The van der Waals surface area contributed by atoms with E-state index in [4.69, 9.17) is 21.6 Å². The van der Waals surface area contributed by atoms with Crippen molar-refractivity contribution in [3.63, 3.8) is 0 Å². The fourth-order valence-corrected chi connectivity index (χ4v) is 3.53. The third-order valence-electron chi connectivity index (χ3n) is 5.16. The van der Waals surface area contributed by atoms with Crippen LogP contribution < -0.4 is 22.5 Å². The smallest absolute Gasteiger partial charge is 0.290 e. The van der Waals surface area contributed by atoms with Crippen molar-refractivity contribution in [2.45, 2.75) is 37.9 Å². The summed E-state index contributed by atoms with van der Waals surface area (Å²) in [6.07, 6.45) is 1.55. The number of hydrogen-bond donors (Lipinski definition) is 4. The maximum atomic E-state index is 13.0. The number of piperidine rings is 1. The Labute approximate surface area is 181 Å². The topological polar surface area (TPSA) is 223 Å². The molecule has 5 amide bonds. The number of aromatic nitrogens is 3. The van der Waals surface area contributed by atoms with Gasteiger partial charge in [0.1, 0.15) is 12.1 Å². The number of carbonyl (C=O) groups excluding carboxylic acids is 5. The quantitative estimate of drug-likeness (QED) is 0.368. The summed E-state index contributed by atoms with van der Waals surface area (Å²) in [4.78, 5) is 62.0. The van der Waals surface area contributed by atoms with Crippen LogP contribution in [0.4, 0.5) is 0 Å². The van der Waals surface area contributed by atoms with E-state index in [0.717, 1.165) is 4.68 Å². The van der Waals surface area contributed by atoms with Gasteiger partial charge in [0, 0.05) is 6.54 Å². The molecule has 1 aliphatic heterocycles. The van der Waals surface area contributed by atoms with Gasteiger partial charge in [-0.15, -0.1) is 5.10 Å². The van der Waals surface area contributed by atoms with Crippen molar-refractivity contribution in [1.29, 1.82) is 0 Å². The lowest BCUT2D eigenvalue weighted by Gasteiger charge is -2.38. The Morgan fingerprint density at radius 1 is 1.19 bits per heavy atom. The van der Waals surface area contributed by atoms with Gasteiger partial charge in [0.25, 0.3) is 17.7 Å². The SMILES string of the molecule is C[C@H](NC(=O)[C@H]1C[C@@H](n2nnc(C(N)=O)c2C(N)=O)CCN1C(=O)c1ccco1)C(N)=O. The van der Waals surface area contributed by atoms with Crippen LogP contribution in [0.2, 0.25) is 0 Å². The first-order valence-corrected chi connectivity index (χ1v) is 9.60. The Balaban J connectivity index is 1.94.